The lowest BCUT2D eigenvalue weighted by Gasteiger charge is -2.05. The van der Waals surface area contributed by atoms with Crippen molar-refractivity contribution in [3.05, 3.63) is 0 Å². The van der Waals surface area contributed by atoms with Crippen molar-refractivity contribution < 1.29 is 23.7 Å². The van der Waals surface area contributed by atoms with Crippen LogP contribution >= 0.6 is 7.82 Å². The Bertz CT molecular complexity index is 422. The van der Waals surface area contributed by atoms with E-state index in [1.807, 2.05) is 0 Å². The van der Waals surface area contributed by atoms with Crippen LogP contribution < -0.4 is 0 Å². The molecule has 0 unspecified atom stereocenters. The Morgan fingerprint density at radius 3 is 1.30 bits per heavy atom. The molecule has 2 N–H and O–H groups in total. The molecule has 0 radical (unpaired) electrons. The first-order chi connectivity index (χ1) is 14.5. The van der Waals surface area contributed by atoms with Crippen molar-refractivity contribution in [2.45, 2.75) is 142 Å². The number of unbranched alkanes of at least 4 members (excludes halogenated alkanes) is 17. The lowest BCUT2D eigenvalue weighted by Crippen LogP contribution is -1.98. The molecule has 0 aromatic carbocycles. The molecule has 0 heterocycles. The third-order valence-corrected chi connectivity index (χ3v) is 6.19. The molecule has 0 rings (SSSR count). The third-order valence-electron chi connectivity index (χ3n) is 5.67. The largest absolute Gasteiger partial charge is 0.469 e. The summed E-state index contributed by atoms with van der Waals surface area (Å²) < 4.78 is 14.9. The molecule has 30 heavy (non-hydrogen) atoms. The Kier molecular flexibility index (Phi) is 21.8. The van der Waals surface area contributed by atoms with Gasteiger partial charge in [0.15, 0.2) is 0 Å². The van der Waals surface area contributed by atoms with Gasteiger partial charge in [0.05, 0.1) is 6.61 Å². The van der Waals surface area contributed by atoms with Gasteiger partial charge in [-0.15, -0.1) is 0 Å². The second kappa shape index (κ2) is 22.0. The topological polar surface area (TPSA) is 83.8 Å². The fraction of sp³-hybridized carbons (Fsp3) is 0.958. The molecule has 0 saturated carbocycles. The zero-order chi connectivity index (χ0) is 22.3. The summed E-state index contributed by atoms with van der Waals surface area (Å²) in [4.78, 5) is 29.0. The zero-order valence-electron chi connectivity index (χ0n) is 19.6. The van der Waals surface area contributed by atoms with E-state index in [9.17, 15) is 9.36 Å². The average Bonchev–Trinajstić information content (AvgIpc) is 2.69. The Balaban J connectivity index is 3.19. The van der Waals surface area contributed by atoms with E-state index in [1.165, 1.54) is 83.5 Å². The van der Waals surface area contributed by atoms with Gasteiger partial charge in [-0.2, -0.15) is 0 Å². The first-order valence-corrected chi connectivity index (χ1v) is 14.2. The molecule has 0 spiro atoms. The molecule has 0 aromatic rings. The van der Waals surface area contributed by atoms with Gasteiger partial charge in [-0.1, -0.05) is 110 Å². The van der Waals surface area contributed by atoms with Gasteiger partial charge in [0.25, 0.3) is 0 Å². The van der Waals surface area contributed by atoms with Gasteiger partial charge in [-0.3, -0.25) is 9.32 Å². The maximum absolute atomic E-state index is 11.9. The van der Waals surface area contributed by atoms with E-state index in [2.05, 4.69) is 11.4 Å². The van der Waals surface area contributed by atoms with Gasteiger partial charge < -0.3 is 9.79 Å². The van der Waals surface area contributed by atoms with Gasteiger partial charge in [0.1, 0.15) is 5.78 Å². The zero-order valence-corrected chi connectivity index (χ0v) is 20.5. The molecule has 0 aliphatic carbocycles. The number of phosphoric acid groups is 1. The molecule has 0 fully saturated rings. The number of hydrogen-bond donors (Lipinski definition) is 2. The molecular formula is C24H49O5P. The Hall–Kier alpha value is -0.220. The summed E-state index contributed by atoms with van der Waals surface area (Å²) in [6, 6.07) is 0. The molecule has 0 atom stereocenters. The Labute approximate surface area is 186 Å². The average molecular weight is 449 g/mol. The number of ketones is 1. The van der Waals surface area contributed by atoms with Crippen molar-refractivity contribution in [1.29, 1.82) is 0 Å². The first-order valence-electron chi connectivity index (χ1n) is 12.7. The Morgan fingerprint density at radius 2 is 0.933 bits per heavy atom. The molecule has 0 aliphatic rings. The standard InChI is InChI=1S/C24H49O5P/c1-2-3-4-5-6-7-8-9-10-11-12-13-15-18-21-24(25)22-19-16-14-17-20-23-29-30(26,27)28/h2-23H2,1H3,(H2,26,27,28). The maximum atomic E-state index is 11.9. The van der Waals surface area contributed by atoms with Crippen molar-refractivity contribution >= 4 is 13.6 Å². The van der Waals surface area contributed by atoms with Crippen LogP contribution in [0.15, 0.2) is 0 Å². The highest BCUT2D eigenvalue weighted by Crippen LogP contribution is 2.35. The van der Waals surface area contributed by atoms with Gasteiger partial charge in [-0.05, 0) is 19.3 Å². The number of rotatable bonds is 24. The molecule has 0 aromatic heterocycles. The number of Topliss-reactive ketones (excluding diaryl/α,β-unsaturated/α-hetero) is 1. The highest BCUT2D eigenvalue weighted by Gasteiger charge is 2.12. The van der Waals surface area contributed by atoms with Crippen LogP contribution in [0.3, 0.4) is 0 Å². The Morgan fingerprint density at radius 1 is 0.600 bits per heavy atom. The van der Waals surface area contributed by atoms with E-state index in [0.29, 0.717) is 18.6 Å². The predicted octanol–water partition coefficient (Wildman–Crippen LogP) is 7.88. The normalized spacial score (nSPS) is 11.8. The number of carbonyl (C=O) groups excluding carboxylic acids is 1. The fourth-order valence-electron chi connectivity index (χ4n) is 3.78. The van der Waals surface area contributed by atoms with Crippen molar-refractivity contribution in [1.82, 2.24) is 0 Å². The lowest BCUT2D eigenvalue weighted by molar-refractivity contribution is -0.119. The highest BCUT2D eigenvalue weighted by atomic mass is 31.2. The summed E-state index contributed by atoms with van der Waals surface area (Å²) >= 11 is 0. The van der Waals surface area contributed by atoms with Crippen molar-refractivity contribution in [2.75, 3.05) is 6.61 Å². The summed E-state index contributed by atoms with van der Waals surface area (Å²) in [5, 5.41) is 0. The van der Waals surface area contributed by atoms with Crippen LogP contribution in [0.4, 0.5) is 0 Å². The molecule has 0 saturated heterocycles. The van der Waals surface area contributed by atoms with Gasteiger partial charge >= 0.3 is 7.82 Å². The van der Waals surface area contributed by atoms with E-state index in [1.54, 1.807) is 0 Å². The molecular weight excluding hydrogens is 399 g/mol. The molecule has 180 valence electrons. The smallest absolute Gasteiger partial charge is 0.303 e. The second-order valence-electron chi connectivity index (χ2n) is 8.73. The predicted molar refractivity (Wildman–Crippen MR) is 126 cm³/mol. The van der Waals surface area contributed by atoms with Gasteiger partial charge in [0.2, 0.25) is 0 Å². The van der Waals surface area contributed by atoms with Crippen LogP contribution in [-0.4, -0.2) is 22.2 Å². The van der Waals surface area contributed by atoms with Crippen LogP contribution in [0.5, 0.6) is 0 Å². The van der Waals surface area contributed by atoms with E-state index in [0.717, 1.165) is 38.5 Å². The van der Waals surface area contributed by atoms with E-state index in [-0.39, 0.29) is 6.61 Å². The number of phosphoric ester groups is 1. The number of hydrogen-bond acceptors (Lipinski definition) is 3. The van der Waals surface area contributed by atoms with Crippen molar-refractivity contribution in [3.8, 4) is 0 Å². The first kappa shape index (κ1) is 29.8. The summed E-state index contributed by atoms with van der Waals surface area (Å²) in [6.45, 7) is 2.37. The molecule has 0 bridgehead atoms. The van der Waals surface area contributed by atoms with Gasteiger partial charge in [-0.25, -0.2) is 4.57 Å². The van der Waals surface area contributed by atoms with E-state index >= 15 is 0 Å². The fourth-order valence-corrected chi connectivity index (χ4v) is 4.15. The second-order valence-corrected chi connectivity index (χ2v) is 9.97. The summed E-state index contributed by atoms with van der Waals surface area (Å²) in [5.74, 6) is 0.388. The lowest BCUT2D eigenvalue weighted by atomic mass is 10.0. The molecule has 0 amide bonds. The van der Waals surface area contributed by atoms with Crippen LogP contribution in [0.2, 0.25) is 0 Å². The van der Waals surface area contributed by atoms with Crippen molar-refractivity contribution in [2.24, 2.45) is 0 Å². The van der Waals surface area contributed by atoms with Crippen LogP contribution in [0.25, 0.3) is 0 Å². The molecule has 5 nitrogen and oxygen atoms in total. The van der Waals surface area contributed by atoms with Crippen molar-refractivity contribution in [3.63, 3.8) is 0 Å². The van der Waals surface area contributed by atoms with Crippen LogP contribution in [-0.2, 0) is 13.9 Å². The third kappa shape index (κ3) is 25.8. The minimum absolute atomic E-state index is 0.0995. The van der Waals surface area contributed by atoms with Crippen LogP contribution in [0.1, 0.15) is 142 Å². The van der Waals surface area contributed by atoms with Crippen LogP contribution in [0, 0.1) is 0 Å². The van der Waals surface area contributed by atoms with E-state index in [4.69, 9.17) is 9.79 Å². The molecule has 0 aliphatic heterocycles. The quantitative estimate of drug-likeness (QED) is 0.116. The summed E-state index contributed by atoms with van der Waals surface area (Å²) in [6.07, 6.45) is 24.6. The molecule has 6 heteroatoms. The minimum Gasteiger partial charge on any atom is -0.303 e. The summed E-state index contributed by atoms with van der Waals surface area (Å²) in [5.41, 5.74) is 0. The maximum Gasteiger partial charge on any atom is 0.469 e. The monoisotopic (exact) mass is 448 g/mol. The minimum atomic E-state index is -4.32. The highest BCUT2D eigenvalue weighted by molar-refractivity contribution is 7.46. The summed E-state index contributed by atoms with van der Waals surface area (Å²) in [7, 11) is -4.32. The van der Waals surface area contributed by atoms with Gasteiger partial charge in [0, 0.05) is 12.8 Å². The van der Waals surface area contributed by atoms with E-state index < -0.39 is 7.82 Å². The SMILES string of the molecule is CCCCCCCCCCCCCCCCC(=O)CCCCCCCOP(=O)(O)O. The number of carbonyl (C=O) groups is 1.